The van der Waals surface area contributed by atoms with E-state index >= 15 is 0 Å². The molecule has 2 aliphatic rings. The van der Waals surface area contributed by atoms with Crippen molar-refractivity contribution in [2.45, 2.75) is 43.4 Å². The molecule has 1 aromatic rings. The third-order valence-electron chi connectivity index (χ3n) is 4.86. The summed E-state index contributed by atoms with van der Waals surface area (Å²) in [6, 6.07) is 1.96. The van der Waals surface area contributed by atoms with Crippen LogP contribution in [0.1, 0.15) is 38.3 Å². The molecule has 0 bridgehead atoms. The number of rotatable bonds is 3. The van der Waals surface area contributed by atoms with E-state index in [1.165, 1.54) is 6.26 Å². The molecule has 0 radical (unpaired) electrons. The second-order valence-corrected chi connectivity index (χ2v) is 8.66. The quantitative estimate of drug-likeness (QED) is 0.839. The van der Waals surface area contributed by atoms with Crippen molar-refractivity contribution in [3.05, 3.63) is 18.0 Å². The summed E-state index contributed by atoms with van der Waals surface area (Å²) in [5.74, 6) is 0.614. The zero-order valence-electron chi connectivity index (χ0n) is 13.2. The molecule has 0 aromatic carbocycles. The minimum absolute atomic E-state index is 0.196. The Morgan fingerprint density at radius 1 is 1.36 bits per heavy atom. The van der Waals surface area contributed by atoms with Crippen LogP contribution in [0.2, 0.25) is 0 Å². The summed E-state index contributed by atoms with van der Waals surface area (Å²) < 4.78 is 29.4. The summed E-state index contributed by atoms with van der Waals surface area (Å²) in [6.45, 7) is 4.09. The van der Waals surface area contributed by atoms with Gasteiger partial charge in [0.2, 0.25) is 5.95 Å². The SMILES string of the molecule is C[C@H]1COCCN1c1nccc(C2(S(C)(=O)=O)CCCC2)n1. The molecule has 22 heavy (non-hydrogen) atoms. The monoisotopic (exact) mass is 325 g/mol. The minimum Gasteiger partial charge on any atom is -0.377 e. The van der Waals surface area contributed by atoms with Gasteiger partial charge in [0.1, 0.15) is 4.75 Å². The van der Waals surface area contributed by atoms with E-state index in [9.17, 15) is 8.42 Å². The third-order valence-corrected chi connectivity index (χ3v) is 6.89. The van der Waals surface area contributed by atoms with Crippen LogP contribution >= 0.6 is 0 Å². The molecule has 1 saturated heterocycles. The van der Waals surface area contributed by atoms with Crippen LogP contribution in [-0.2, 0) is 19.3 Å². The largest absolute Gasteiger partial charge is 0.377 e. The van der Waals surface area contributed by atoms with Crippen molar-refractivity contribution >= 4 is 15.8 Å². The van der Waals surface area contributed by atoms with Crippen LogP contribution < -0.4 is 4.90 Å². The standard InChI is InChI=1S/C15H23N3O3S/c1-12-11-21-10-9-18(12)14-16-8-5-13(17-14)15(22(2,19)20)6-3-4-7-15/h5,8,12H,3-4,6-7,9-11H2,1-2H3/t12-/m0/s1. The Morgan fingerprint density at radius 2 is 2.09 bits per heavy atom. The van der Waals surface area contributed by atoms with Crippen LogP contribution in [0.5, 0.6) is 0 Å². The molecule has 1 aliphatic carbocycles. The van der Waals surface area contributed by atoms with E-state index < -0.39 is 14.6 Å². The van der Waals surface area contributed by atoms with Crippen molar-refractivity contribution in [1.82, 2.24) is 9.97 Å². The number of ether oxygens (including phenoxy) is 1. The molecule has 7 heteroatoms. The minimum atomic E-state index is -3.21. The molecule has 1 aliphatic heterocycles. The zero-order chi connectivity index (χ0) is 15.8. The van der Waals surface area contributed by atoms with Crippen molar-refractivity contribution in [3.8, 4) is 0 Å². The maximum absolute atomic E-state index is 12.4. The van der Waals surface area contributed by atoms with E-state index in [2.05, 4.69) is 21.8 Å². The fourth-order valence-corrected chi connectivity index (χ4v) is 5.05. The molecule has 1 aromatic heterocycles. The van der Waals surface area contributed by atoms with E-state index in [4.69, 9.17) is 4.74 Å². The lowest BCUT2D eigenvalue weighted by Crippen LogP contribution is -2.45. The molecule has 0 spiro atoms. The van der Waals surface area contributed by atoms with Gasteiger partial charge in [-0.2, -0.15) is 0 Å². The van der Waals surface area contributed by atoms with Gasteiger partial charge in [0, 0.05) is 19.0 Å². The van der Waals surface area contributed by atoms with E-state index in [0.29, 0.717) is 37.7 Å². The molecule has 1 saturated carbocycles. The Bertz CT molecular complexity index is 641. The average molecular weight is 325 g/mol. The first-order chi connectivity index (χ1) is 10.4. The average Bonchev–Trinajstić information content (AvgIpc) is 2.98. The molecule has 0 amide bonds. The Labute approximate surface area is 131 Å². The second-order valence-electron chi connectivity index (χ2n) is 6.33. The maximum Gasteiger partial charge on any atom is 0.225 e. The van der Waals surface area contributed by atoms with Crippen molar-refractivity contribution in [1.29, 1.82) is 0 Å². The molecule has 2 heterocycles. The second kappa shape index (κ2) is 5.77. The molecular formula is C15H23N3O3S. The number of sulfone groups is 1. The number of morpholine rings is 1. The number of hydrogen-bond donors (Lipinski definition) is 0. The van der Waals surface area contributed by atoms with Gasteiger partial charge in [-0.25, -0.2) is 18.4 Å². The highest BCUT2D eigenvalue weighted by Crippen LogP contribution is 2.44. The van der Waals surface area contributed by atoms with E-state index in [0.717, 1.165) is 19.4 Å². The number of aromatic nitrogens is 2. The van der Waals surface area contributed by atoms with Crippen molar-refractivity contribution in [2.24, 2.45) is 0 Å². The summed E-state index contributed by atoms with van der Waals surface area (Å²) in [5, 5.41) is 0. The van der Waals surface area contributed by atoms with Crippen LogP contribution in [-0.4, -0.2) is 50.4 Å². The van der Waals surface area contributed by atoms with Gasteiger partial charge in [-0.1, -0.05) is 12.8 Å². The van der Waals surface area contributed by atoms with Gasteiger partial charge in [0.05, 0.1) is 24.9 Å². The van der Waals surface area contributed by atoms with Crippen LogP contribution in [0.4, 0.5) is 5.95 Å². The summed E-state index contributed by atoms with van der Waals surface area (Å²) in [7, 11) is -3.21. The molecular weight excluding hydrogens is 302 g/mol. The van der Waals surface area contributed by atoms with Gasteiger partial charge in [-0.05, 0) is 25.8 Å². The fourth-order valence-electron chi connectivity index (χ4n) is 3.53. The van der Waals surface area contributed by atoms with Gasteiger partial charge in [-0.3, -0.25) is 0 Å². The first kappa shape index (κ1) is 15.7. The van der Waals surface area contributed by atoms with Crippen LogP contribution in [0.15, 0.2) is 12.3 Å². The Hall–Kier alpha value is -1.21. The smallest absolute Gasteiger partial charge is 0.225 e. The predicted octanol–water partition coefficient (Wildman–Crippen LogP) is 1.52. The number of anilines is 1. The molecule has 2 fully saturated rings. The van der Waals surface area contributed by atoms with Crippen molar-refractivity contribution < 1.29 is 13.2 Å². The van der Waals surface area contributed by atoms with Crippen LogP contribution in [0.25, 0.3) is 0 Å². The summed E-state index contributed by atoms with van der Waals surface area (Å²) >= 11 is 0. The predicted molar refractivity (Wildman–Crippen MR) is 84.6 cm³/mol. The van der Waals surface area contributed by atoms with Crippen molar-refractivity contribution in [3.63, 3.8) is 0 Å². The third kappa shape index (κ3) is 2.60. The maximum atomic E-state index is 12.4. The Balaban J connectivity index is 2.00. The summed E-state index contributed by atoms with van der Waals surface area (Å²) in [6.07, 6.45) is 6.19. The molecule has 0 N–H and O–H groups in total. The first-order valence-corrected chi connectivity index (χ1v) is 9.71. The Kier molecular flexibility index (Phi) is 4.11. The number of hydrogen-bond acceptors (Lipinski definition) is 6. The highest BCUT2D eigenvalue weighted by atomic mass is 32.2. The van der Waals surface area contributed by atoms with Gasteiger partial charge < -0.3 is 9.64 Å². The lowest BCUT2D eigenvalue weighted by atomic mass is 10.0. The summed E-state index contributed by atoms with van der Waals surface area (Å²) in [4.78, 5) is 11.1. The summed E-state index contributed by atoms with van der Waals surface area (Å²) in [5.41, 5.74) is 0.649. The topological polar surface area (TPSA) is 72.4 Å². The molecule has 6 nitrogen and oxygen atoms in total. The zero-order valence-corrected chi connectivity index (χ0v) is 14.0. The lowest BCUT2D eigenvalue weighted by Gasteiger charge is -2.34. The van der Waals surface area contributed by atoms with Gasteiger partial charge in [-0.15, -0.1) is 0 Å². The van der Waals surface area contributed by atoms with Gasteiger partial charge >= 0.3 is 0 Å². The highest BCUT2D eigenvalue weighted by molar-refractivity contribution is 7.91. The molecule has 0 unspecified atom stereocenters. The first-order valence-electron chi connectivity index (χ1n) is 7.81. The van der Waals surface area contributed by atoms with Gasteiger partial charge in [0.15, 0.2) is 9.84 Å². The normalized spacial score (nSPS) is 25.4. The highest BCUT2D eigenvalue weighted by Gasteiger charge is 2.46. The van der Waals surface area contributed by atoms with E-state index in [1.807, 2.05) is 0 Å². The van der Waals surface area contributed by atoms with E-state index in [1.54, 1.807) is 12.3 Å². The van der Waals surface area contributed by atoms with Crippen LogP contribution in [0.3, 0.4) is 0 Å². The Morgan fingerprint density at radius 3 is 2.73 bits per heavy atom. The molecule has 122 valence electrons. The van der Waals surface area contributed by atoms with Crippen LogP contribution in [0, 0.1) is 0 Å². The fraction of sp³-hybridized carbons (Fsp3) is 0.733. The molecule has 1 atom stereocenters. The van der Waals surface area contributed by atoms with Gasteiger partial charge in [0.25, 0.3) is 0 Å². The van der Waals surface area contributed by atoms with E-state index in [-0.39, 0.29) is 6.04 Å². The molecule has 3 rings (SSSR count). The van der Waals surface area contributed by atoms with Crippen molar-refractivity contribution in [2.75, 3.05) is 30.9 Å². The number of nitrogens with zero attached hydrogens (tertiary/aromatic N) is 3. The lowest BCUT2D eigenvalue weighted by molar-refractivity contribution is 0.0980.